The molecule has 1 aromatic rings. The molecule has 17 heavy (non-hydrogen) atoms. The largest absolute Gasteiger partial charge is 0.353 e. The molecule has 2 nitrogen and oxygen atoms in total. The molecule has 1 heterocycles. The van der Waals surface area contributed by atoms with Gasteiger partial charge in [-0.25, -0.2) is 0 Å². The molecule has 0 fully saturated rings. The van der Waals surface area contributed by atoms with E-state index in [1.54, 1.807) is 0 Å². The van der Waals surface area contributed by atoms with Crippen molar-refractivity contribution >= 4 is 0 Å². The van der Waals surface area contributed by atoms with Crippen molar-refractivity contribution in [2.75, 3.05) is 6.61 Å². The first-order chi connectivity index (χ1) is 8.02. The molecular weight excluding hydrogens is 212 g/mol. The highest BCUT2D eigenvalue weighted by Gasteiger charge is 2.35. The molecule has 2 rings (SSSR count). The van der Waals surface area contributed by atoms with Crippen molar-refractivity contribution in [1.82, 2.24) is 0 Å². The molecule has 0 N–H and O–H groups in total. The first kappa shape index (κ1) is 12.6. The molecule has 0 spiro atoms. The van der Waals surface area contributed by atoms with E-state index in [1.165, 1.54) is 11.1 Å². The number of fused-ring (bicyclic) bond motifs is 1. The molecule has 0 amide bonds. The fraction of sp³-hybridized carbons (Fsp3) is 0.600. The zero-order valence-corrected chi connectivity index (χ0v) is 11.2. The molecule has 2 heteroatoms. The summed E-state index contributed by atoms with van der Waals surface area (Å²) >= 11 is 0. The highest BCUT2D eigenvalue weighted by molar-refractivity contribution is 5.32. The molecule has 1 unspecified atom stereocenters. The van der Waals surface area contributed by atoms with E-state index in [0.29, 0.717) is 6.61 Å². The van der Waals surface area contributed by atoms with Gasteiger partial charge in [0.1, 0.15) is 0 Å². The first-order valence-corrected chi connectivity index (χ1v) is 6.37. The summed E-state index contributed by atoms with van der Waals surface area (Å²) < 4.78 is 11.7. The monoisotopic (exact) mass is 234 g/mol. The Labute approximate surface area is 104 Å². The van der Waals surface area contributed by atoms with Crippen LogP contribution < -0.4 is 0 Å². The second kappa shape index (κ2) is 4.79. The van der Waals surface area contributed by atoms with Gasteiger partial charge in [-0.1, -0.05) is 45.0 Å². The Kier molecular flexibility index (Phi) is 3.55. The van der Waals surface area contributed by atoms with E-state index in [1.807, 2.05) is 6.92 Å². The van der Waals surface area contributed by atoms with Gasteiger partial charge >= 0.3 is 0 Å². The maximum atomic E-state index is 6.10. The van der Waals surface area contributed by atoms with Gasteiger partial charge in [0.25, 0.3) is 0 Å². The van der Waals surface area contributed by atoms with E-state index in [-0.39, 0.29) is 17.8 Å². The van der Waals surface area contributed by atoms with Crippen LogP contribution in [0.2, 0.25) is 0 Å². The molecular formula is C15H22O2. The van der Waals surface area contributed by atoms with E-state index in [9.17, 15) is 0 Å². The van der Waals surface area contributed by atoms with Crippen LogP contribution >= 0.6 is 0 Å². The van der Waals surface area contributed by atoms with Crippen LogP contribution in [0.5, 0.6) is 0 Å². The molecule has 2 atom stereocenters. The third-order valence-electron chi connectivity index (χ3n) is 3.15. The predicted octanol–water partition coefficient (Wildman–Crippen LogP) is 3.71. The number of rotatable bonds is 2. The van der Waals surface area contributed by atoms with Crippen LogP contribution in [0, 0.1) is 5.41 Å². The maximum Gasteiger partial charge on any atom is 0.162 e. The van der Waals surface area contributed by atoms with Gasteiger partial charge in [-0.3, -0.25) is 0 Å². The van der Waals surface area contributed by atoms with Crippen LogP contribution in [-0.2, 0) is 15.9 Å². The first-order valence-electron chi connectivity index (χ1n) is 6.37. The third-order valence-corrected chi connectivity index (χ3v) is 3.15. The highest BCUT2D eigenvalue weighted by atomic mass is 16.7. The average molecular weight is 234 g/mol. The predicted molar refractivity (Wildman–Crippen MR) is 68.8 cm³/mol. The highest BCUT2D eigenvalue weighted by Crippen LogP contribution is 2.42. The van der Waals surface area contributed by atoms with Crippen molar-refractivity contribution in [3.63, 3.8) is 0 Å². The smallest absolute Gasteiger partial charge is 0.162 e. The summed E-state index contributed by atoms with van der Waals surface area (Å²) in [5.41, 5.74) is 2.76. The lowest BCUT2D eigenvalue weighted by Crippen LogP contribution is -2.34. The molecule has 0 saturated carbocycles. The summed E-state index contributed by atoms with van der Waals surface area (Å²) in [6, 6.07) is 8.53. The number of hydrogen-bond donors (Lipinski definition) is 0. The number of benzene rings is 1. The summed E-state index contributed by atoms with van der Waals surface area (Å²) in [5, 5.41) is 0. The van der Waals surface area contributed by atoms with Crippen LogP contribution in [0.3, 0.4) is 0 Å². The summed E-state index contributed by atoms with van der Waals surface area (Å²) in [5.74, 6) is 0. The standard InChI is InChI=1S/C15H22O2/c1-5-16-13-10-11-8-6-7-9-12(11)14(17-13)15(2,3)4/h6-9,13-14H,5,10H2,1-4H3/t13?,14-/m0/s1. The minimum absolute atomic E-state index is 0.0892. The van der Waals surface area contributed by atoms with E-state index >= 15 is 0 Å². The summed E-state index contributed by atoms with van der Waals surface area (Å²) in [6.07, 6.45) is 0.875. The number of hydrogen-bond acceptors (Lipinski definition) is 2. The molecule has 0 bridgehead atoms. The molecule has 0 radical (unpaired) electrons. The van der Waals surface area contributed by atoms with Gasteiger partial charge in [0.05, 0.1) is 6.10 Å². The van der Waals surface area contributed by atoms with E-state index < -0.39 is 0 Å². The SMILES string of the molecule is CCOC1Cc2ccccc2[C@@H](C(C)(C)C)O1. The molecule has 94 valence electrons. The summed E-state index contributed by atoms with van der Waals surface area (Å²) in [4.78, 5) is 0. The van der Waals surface area contributed by atoms with E-state index in [4.69, 9.17) is 9.47 Å². The van der Waals surface area contributed by atoms with Crippen molar-refractivity contribution in [3.05, 3.63) is 35.4 Å². The molecule has 1 aliphatic heterocycles. The normalized spacial score (nSPS) is 24.5. The Morgan fingerprint density at radius 1 is 1.29 bits per heavy atom. The lowest BCUT2D eigenvalue weighted by molar-refractivity contribution is -0.200. The fourth-order valence-corrected chi connectivity index (χ4v) is 2.38. The molecule has 1 aliphatic rings. The Morgan fingerprint density at radius 3 is 2.65 bits per heavy atom. The summed E-state index contributed by atoms with van der Waals surface area (Å²) in [7, 11) is 0. The van der Waals surface area contributed by atoms with Gasteiger partial charge in [-0.2, -0.15) is 0 Å². The molecule has 0 saturated heterocycles. The Hall–Kier alpha value is -0.860. The van der Waals surface area contributed by atoms with Gasteiger partial charge in [0, 0.05) is 13.0 Å². The van der Waals surface area contributed by atoms with Crippen molar-refractivity contribution in [1.29, 1.82) is 0 Å². The van der Waals surface area contributed by atoms with Crippen molar-refractivity contribution in [3.8, 4) is 0 Å². The van der Waals surface area contributed by atoms with Crippen molar-refractivity contribution in [2.45, 2.75) is 46.5 Å². The van der Waals surface area contributed by atoms with E-state index in [2.05, 4.69) is 45.0 Å². The third kappa shape index (κ3) is 2.70. The van der Waals surface area contributed by atoms with Crippen LogP contribution in [0.4, 0.5) is 0 Å². The molecule has 1 aromatic carbocycles. The minimum atomic E-state index is -0.0980. The lowest BCUT2D eigenvalue weighted by Gasteiger charge is -2.39. The maximum absolute atomic E-state index is 6.10. The minimum Gasteiger partial charge on any atom is -0.353 e. The fourth-order valence-electron chi connectivity index (χ4n) is 2.38. The Morgan fingerprint density at radius 2 is 2.00 bits per heavy atom. The molecule has 0 aromatic heterocycles. The molecule has 0 aliphatic carbocycles. The van der Waals surface area contributed by atoms with Gasteiger partial charge in [0.2, 0.25) is 0 Å². The number of ether oxygens (including phenoxy) is 2. The van der Waals surface area contributed by atoms with E-state index in [0.717, 1.165) is 6.42 Å². The van der Waals surface area contributed by atoms with Crippen LogP contribution in [0.25, 0.3) is 0 Å². The summed E-state index contributed by atoms with van der Waals surface area (Å²) in [6.45, 7) is 9.34. The Bertz CT molecular complexity index is 379. The van der Waals surface area contributed by atoms with Crippen LogP contribution in [0.15, 0.2) is 24.3 Å². The Balaban J connectivity index is 2.32. The average Bonchev–Trinajstić information content (AvgIpc) is 2.27. The van der Waals surface area contributed by atoms with Gasteiger partial charge in [-0.05, 0) is 23.5 Å². The second-order valence-corrected chi connectivity index (χ2v) is 5.67. The zero-order valence-electron chi connectivity index (χ0n) is 11.2. The van der Waals surface area contributed by atoms with Crippen LogP contribution in [-0.4, -0.2) is 12.9 Å². The quantitative estimate of drug-likeness (QED) is 0.776. The van der Waals surface area contributed by atoms with Crippen molar-refractivity contribution < 1.29 is 9.47 Å². The van der Waals surface area contributed by atoms with Gasteiger partial charge in [0.15, 0.2) is 6.29 Å². The lowest BCUT2D eigenvalue weighted by atomic mass is 9.81. The second-order valence-electron chi connectivity index (χ2n) is 5.67. The topological polar surface area (TPSA) is 18.5 Å². The zero-order chi connectivity index (χ0) is 12.5. The van der Waals surface area contributed by atoms with Crippen molar-refractivity contribution in [2.24, 2.45) is 5.41 Å². The van der Waals surface area contributed by atoms with Crippen LogP contribution in [0.1, 0.15) is 44.9 Å². The van der Waals surface area contributed by atoms with Gasteiger partial charge in [-0.15, -0.1) is 0 Å². The van der Waals surface area contributed by atoms with Gasteiger partial charge < -0.3 is 9.47 Å².